The lowest BCUT2D eigenvalue weighted by Crippen LogP contribution is -2.06. The maximum absolute atomic E-state index is 5.60. The molecule has 0 unspecified atom stereocenters. The third-order valence-electron chi connectivity index (χ3n) is 2.28. The molecule has 14 heavy (non-hydrogen) atoms. The van der Waals surface area contributed by atoms with Crippen LogP contribution in [0.3, 0.4) is 0 Å². The van der Waals surface area contributed by atoms with Crippen molar-refractivity contribution in [2.75, 3.05) is 0 Å². The highest BCUT2D eigenvalue weighted by Gasteiger charge is 2.03. The molecule has 1 N–H and O–H groups in total. The smallest absolute Gasteiger partial charge is 0.141 e. The third-order valence-corrected chi connectivity index (χ3v) is 2.28. The molecule has 3 aromatic rings. The van der Waals surface area contributed by atoms with Crippen molar-refractivity contribution in [3.8, 4) is 0 Å². The Hall–Kier alpha value is -1.84. The number of rotatable bonds is 0. The van der Waals surface area contributed by atoms with E-state index >= 15 is 0 Å². The molecular formula is C10H6BN3. The molecule has 0 fully saturated rings. The molecule has 4 heteroatoms. The van der Waals surface area contributed by atoms with E-state index in [2.05, 4.69) is 15.0 Å². The number of aromatic amines is 1. The summed E-state index contributed by atoms with van der Waals surface area (Å²) in [5.74, 6) is 0. The number of nitrogens with one attached hydrogen (secondary N) is 1. The van der Waals surface area contributed by atoms with Gasteiger partial charge in [-0.1, -0.05) is 6.07 Å². The number of aromatic nitrogens is 3. The van der Waals surface area contributed by atoms with Crippen LogP contribution in [0.4, 0.5) is 0 Å². The van der Waals surface area contributed by atoms with Crippen molar-refractivity contribution in [2.45, 2.75) is 0 Å². The fraction of sp³-hybridized carbons (Fsp3) is 0. The van der Waals surface area contributed by atoms with Gasteiger partial charge in [-0.2, -0.15) is 0 Å². The Labute approximate surface area is 81.6 Å². The SMILES string of the molecule is [B]c1ccc2c(n1)[nH]c1ccncc12. The Morgan fingerprint density at radius 1 is 1.14 bits per heavy atom. The van der Waals surface area contributed by atoms with Crippen LogP contribution < -0.4 is 5.59 Å². The van der Waals surface area contributed by atoms with E-state index in [-0.39, 0.29) is 0 Å². The van der Waals surface area contributed by atoms with Crippen LogP contribution in [0.15, 0.2) is 30.6 Å². The molecule has 3 aromatic heterocycles. The highest BCUT2D eigenvalue weighted by atomic mass is 14.9. The standard InChI is InChI=1S/C10H6BN3/c11-9-2-1-6-7-5-12-4-3-8(7)13-10(6)14-9/h1-5H,(H,13,14). The highest BCUT2D eigenvalue weighted by Crippen LogP contribution is 2.21. The van der Waals surface area contributed by atoms with E-state index in [4.69, 9.17) is 7.85 Å². The zero-order valence-electron chi connectivity index (χ0n) is 7.36. The van der Waals surface area contributed by atoms with Crippen molar-refractivity contribution < 1.29 is 0 Å². The van der Waals surface area contributed by atoms with Gasteiger partial charge in [0.1, 0.15) is 13.5 Å². The molecule has 0 saturated carbocycles. The predicted molar refractivity (Wildman–Crippen MR) is 56.8 cm³/mol. The molecule has 3 nitrogen and oxygen atoms in total. The molecular weight excluding hydrogens is 173 g/mol. The van der Waals surface area contributed by atoms with E-state index in [1.807, 2.05) is 18.3 Å². The molecule has 0 spiro atoms. The van der Waals surface area contributed by atoms with Crippen LogP contribution in [0.5, 0.6) is 0 Å². The van der Waals surface area contributed by atoms with Crippen molar-refractivity contribution in [1.29, 1.82) is 0 Å². The second-order valence-electron chi connectivity index (χ2n) is 3.18. The van der Waals surface area contributed by atoms with E-state index in [1.165, 1.54) is 0 Å². The van der Waals surface area contributed by atoms with E-state index in [9.17, 15) is 0 Å². The van der Waals surface area contributed by atoms with E-state index in [0.717, 1.165) is 21.9 Å². The lowest BCUT2D eigenvalue weighted by Gasteiger charge is -1.91. The summed E-state index contributed by atoms with van der Waals surface area (Å²) in [5, 5.41) is 2.14. The van der Waals surface area contributed by atoms with Gasteiger partial charge in [-0.05, 0) is 17.7 Å². The Bertz CT molecular complexity index is 615. The highest BCUT2D eigenvalue weighted by molar-refractivity contribution is 6.31. The molecule has 0 aliphatic carbocycles. The molecule has 64 valence electrons. The second-order valence-corrected chi connectivity index (χ2v) is 3.18. The van der Waals surface area contributed by atoms with Crippen LogP contribution in [0.1, 0.15) is 0 Å². The fourth-order valence-electron chi connectivity index (χ4n) is 1.63. The van der Waals surface area contributed by atoms with Gasteiger partial charge >= 0.3 is 0 Å². The van der Waals surface area contributed by atoms with Crippen LogP contribution in [-0.4, -0.2) is 22.8 Å². The van der Waals surface area contributed by atoms with Crippen molar-refractivity contribution in [2.24, 2.45) is 0 Å². The summed E-state index contributed by atoms with van der Waals surface area (Å²) in [6, 6.07) is 5.67. The zero-order chi connectivity index (χ0) is 9.54. The van der Waals surface area contributed by atoms with Gasteiger partial charge in [0.2, 0.25) is 0 Å². The minimum atomic E-state index is 0.525. The number of hydrogen-bond donors (Lipinski definition) is 1. The maximum atomic E-state index is 5.60. The number of H-pyrrole nitrogens is 1. The molecule has 0 amide bonds. The lowest BCUT2D eigenvalue weighted by atomic mass is 10.0. The average Bonchev–Trinajstić information content (AvgIpc) is 2.54. The summed E-state index contributed by atoms with van der Waals surface area (Å²) in [7, 11) is 5.60. The molecule has 3 heterocycles. The third kappa shape index (κ3) is 0.938. The first-order valence-corrected chi connectivity index (χ1v) is 4.32. The number of pyridine rings is 2. The molecule has 2 radical (unpaired) electrons. The van der Waals surface area contributed by atoms with Crippen LogP contribution in [-0.2, 0) is 0 Å². The Kier molecular flexibility index (Phi) is 1.39. The fourth-order valence-corrected chi connectivity index (χ4v) is 1.63. The number of hydrogen-bond acceptors (Lipinski definition) is 2. The quantitative estimate of drug-likeness (QED) is 0.521. The average molecular weight is 179 g/mol. The maximum Gasteiger partial charge on any atom is 0.141 e. The first-order valence-electron chi connectivity index (χ1n) is 4.32. The predicted octanol–water partition coefficient (Wildman–Crippen LogP) is 0.905. The van der Waals surface area contributed by atoms with Gasteiger partial charge in [-0.3, -0.25) is 4.98 Å². The Balaban J connectivity index is 2.57. The first kappa shape index (κ1) is 7.56. The van der Waals surface area contributed by atoms with Crippen molar-refractivity contribution >= 4 is 35.4 Å². The summed E-state index contributed by atoms with van der Waals surface area (Å²) in [6.07, 6.45) is 3.58. The van der Waals surface area contributed by atoms with Gasteiger partial charge in [-0.15, -0.1) is 0 Å². The minimum absolute atomic E-state index is 0.525. The van der Waals surface area contributed by atoms with E-state index < -0.39 is 0 Å². The van der Waals surface area contributed by atoms with Crippen LogP contribution in [0.25, 0.3) is 21.9 Å². The molecule has 0 saturated heterocycles. The minimum Gasteiger partial charge on any atom is -0.339 e. The van der Waals surface area contributed by atoms with Gasteiger partial charge in [0, 0.05) is 23.2 Å². The molecule has 3 rings (SSSR count). The number of fused-ring (bicyclic) bond motifs is 3. The van der Waals surface area contributed by atoms with E-state index in [1.54, 1.807) is 12.3 Å². The Morgan fingerprint density at radius 3 is 3.00 bits per heavy atom. The zero-order valence-corrected chi connectivity index (χ0v) is 7.36. The summed E-state index contributed by atoms with van der Waals surface area (Å²) >= 11 is 0. The second kappa shape index (κ2) is 2.58. The lowest BCUT2D eigenvalue weighted by molar-refractivity contribution is 1.35. The van der Waals surface area contributed by atoms with Gasteiger partial charge in [0.25, 0.3) is 0 Å². The van der Waals surface area contributed by atoms with Gasteiger partial charge < -0.3 is 4.98 Å². The summed E-state index contributed by atoms with van der Waals surface area (Å²) in [4.78, 5) is 11.5. The summed E-state index contributed by atoms with van der Waals surface area (Å²) < 4.78 is 0. The van der Waals surface area contributed by atoms with Gasteiger partial charge in [0.15, 0.2) is 0 Å². The van der Waals surface area contributed by atoms with Crippen LogP contribution >= 0.6 is 0 Å². The van der Waals surface area contributed by atoms with Gasteiger partial charge in [0.05, 0.1) is 5.52 Å². The van der Waals surface area contributed by atoms with Crippen LogP contribution in [0.2, 0.25) is 0 Å². The summed E-state index contributed by atoms with van der Waals surface area (Å²) in [6.45, 7) is 0. The molecule has 0 aliphatic heterocycles. The first-order chi connectivity index (χ1) is 6.84. The number of nitrogens with zero attached hydrogens (tertiary/aromatic N) is 2. The van der Waals surface area contributed by atoms with E-state index in [0.29, 0.717) is 5.59 Å². The van der Waals surface area contributed by atoms with Gasteiger partial charge in [-0.25, -0.2) is 4.98 Å². The topological polar surface area (TPSA) is 41.6 Å². The molecule has 0 atom stereocenters. The van der Waals surface area contributed by atoms with Crippen molar-refractivity contribution in [3.05, 3.63) is 30.6 Å². The summed E-state index contributed by atoms with van der Waals surface area (Å²) in [5.41, 5.74) is 2.37. The molecule has 0 aromatic carbocycles. The largest absolute Gasteiger partial charge is 0.339 e. The van der Waals surface area contributed by atoms with Crippen LogP contribution in [0, 0.1) is 0 Å². The van der Waals surface area contributed by atoms with Crippen molar-refractivity contribution in [3.63, 3.8) is 0 Å². The Morgan fingerprint density at radius 2 is 2.07 bits per heavy atom. The normalized spacial score (nSPS) is 11.1. The van der Waals surface area contributed by atoms with Crippen molar-refractivity contribution in [1.82, 2.24) is 15.0 Å². The molecule has 0 bridgehead atoms. The molecule has 0 aliphatic rings. The monoisotopic (exact) mass is 179 g/mol.